The van der Waals surface area contributed by atoms with Gasteiger partial charge in [-0.25, -0.2) is 0 Å². The van der Waals surface area contributed by atoms with E-state index in [1.165, 1.54) is 0 Å². The Morgan fingerprint density at radius 1 is 1.31 bits per heavy atom. The molecular formula is C19H18N4O2S. The molecule has 3 aromatic heterocycles. The number of carbonyl (C=O) groups excluding carboxylic acids is 1. The van der Waals surface area contributed by atoms with E-state index in [-0.39, 0.29) is 5.91 Å². The van der Waals surface area contributed by atoms with Crippen molar-refractivity contribution in [3.63, 3.8) is 0 Å². The molecule has 0 unspecified atom stereocenters. The van der Waals surface area contributed by atoms with Crippen LogP contribution in [0.1, 0.15) is 10.5 Å². The molecule has 7 heteroatoms. The fraction of sp³-hybridized carbons (Fsp3) is 0.158. The first kappa shape index (κ1) is 16.4. The van der Waals surface area contributed by atoms with Gasteiger partial charge in [0.15, 0.2) is 0 Å². The molecule has 0 radical (unpaired) electrons. The van der Waals surface area contributed by atoms with Crippen molar-refractivity contribution in [1.82, 2.24) is 20.1 Å². The van der Waals surface area contributed by atoms with Crippen LogP contribution in [0.4, 0.5) is 0 Å². The summed E-state index contributed by atoms with van der Waals surface area (Å²) in [5.41, 5.74) is 3.48. The van der Waals surface area contributed by atoms with Gasteiger partial charge in [-0.2, -0.15) is 16.4 Å². The zero-order valence-corrected chi connectivity index (χ0v) is 15.0. The van der Waals surface area contributed by atoms with Gasteiger partial charge in [-0.1, -0.05) is 0 Å². The first-order valence-electron chi connectivity index (χ1n) is 8.24. The lowest BCUT2D eigenvalue weighted by molar-refractivity contribution is 0.0948. The predicted octanol–water partition coefficient (Wildman–Crippen LogP) is 3.53. The Balaban J connectivity index is 1.37. The van der Waals surface area contributed by atoms with Crippen molar-refractivity contribution in [3.05, 3.63) is 59.0 Å². The third-order valence-corrected chi connectivity index (χ3v) is 4.84. The molecule has 0 saturated heterocycles. The molecule has 0 aliphatic rings. The summed E-state index contributed by atoms with van der Waals surface area (Å²) in [7, 11) is 1.62. The second kappa shape index (κ2) is 7.05. The van der Waals surface area contributed by atoms with Crippen molar-refractivity contribution < 1.29 is 9.53 Å². The van der Waals surface area contributed by atoms with E-state index in [1.807, 2.05) is 52.7 Å². The van der Waals surface area contributed by atoms with Gasteiger partial charge in [-0.05, 0) is 35.7 Å². The van der Waals surface area contributed by atoms with Gasteiger partial charge in [0, 0.05) is 40.7 Å². The van der Waals surface area contributed by atoms with Gasteiger partial charge < -0.3 is 15.0 Å². The van der Waals surface area contributed by atoms with Crippen LogP contribution in [0.25, 0.3) is 22.2 Å². The van der Waals surface area contributed by atoms with E-state index in [1.54, 1.807) is 18.4 Å². The van der Waals surface area contributed by atoms with Gasteiger partial charge in [0.2, 0.25) is 0 Å². The van der Waals surface area contributed by atoms with Gasteiger partial charge >= 0.3 is 0 Å². The van der Waals surface area contributed by atoms with E-state index in [0.29, 0.717) is 18.8 Å². The molecule has 0 aliphatic carbocycles. The number of H-pyrrole nitrogens is 1. The van der Waals surface area contributed by atoms with Gasteiger partial charge in [0.05, 0.1) is 19.3 Å². The number of nitrogens with one attached hydrogen (secondary N) is 2. The first-order chi connectivity index (χ1) is 12.7. The molecule has 2 N–H and O–H groups in total. The largest absolute Gasteiger partial charge is 0.497 e. The fourth-order valence-electron chi connectivity index (χ4n) is 2.79. The van der Waals surface area contributed by atoms with Crippen LogP contribution in [0.2, 0.25) is 0 Å². The number of aromatic nitrogens is 3. The molecule has 3 heterocycles. The number of methoxy groups -OCH3 is 1. The molecule has 132 valence electrons. The SMILES string of the molecule is COc1ccc2cc(C(=O)NCCn3ccc(-c4ccsc4)n3)[nH]c2c1. The average Bonchev–Trinajstić information content (AvgIpc) is 3.39. The third-order valence-electron chi connectivity index (χ3n) is 4.16. The van der Waals surface area contributed by atoms with Crippen LogP contribution in [-0.2, 0) is 6.54 Å². The number of hydrogen-bond acceptors (Lipinski definition) is 4. The molecule has 4 aromatic rings. The molecule has 6 nitrogen and oxygen atoms in total. The Morgan fingerprint density at radius 2 is 2.23 bits per heavy atom. The van der Waals surface area contributed by atoms with Crippen molar-refractivity contribution >= 4 is 28.1 Å². The minimum absolute atomic E-state index is 0.134. The van der Waals surface area contributed by atoms with Crippen molar-refractivity contribution in [2.75, 3.05) is 13.7 Å². The van der Waals surface area contributed by atoms with E-state index in [2.05, 4.69) is 20.8 Å². The third kappa shape index (κ3) is 3.34. The molecule has 0 spiro atoms. The zero-order valence-electron chi connectivity index (χ0n) is 14.2. The molecule has 0 fully saturated rings. The van der Waals surface area contributed by atoms with E-state index >= 15 is 0 Å². The van der Waals surface area contributed by atoms with E-state index in [9.17, 15) is 4.79 Å². The van der Waals surface area contributed by atoms with Crippen molar-refractivity contribution in [2.45, 2.75) is 6.54 Å². The molecule has 1 aromatic carbocycles. The van der Waals surface area contributed by atoms with Gasteiger partial charge in [-0.15, -0.1) is 0 Å². The molecule has 4 rings (SSSR count). The van der Waals surface area contributed by atoms with Crippen molar-refractivity contribution in [1.29, 1.82) is 0 Å². The van der Waals surface area contributed by atoms with Crippen LogP contribution in [-0.4, -0.2) is 34.3 Å². The zero-order chi connectivity index (χ0) is 17.9. The highest BCUT2D eigenvalue weighted by atomic mass is 32.1. The van der Waals surface area contributed by atoms with Crippen LogP contribution in [0.3, 0.4) is 0 Å². The lowest BCUT2D eigenvalue weighted by Crippen LogP contribution is -2.27. The minimum Gasteiger partial charge on any atom is -0.497 e. The van der Waals surface area contributed by atoms with Crippen molar-refractivity contribution in [3.8, 4) is 17.0 Å². The highest BCUT2D eigenvalue weighted by Crippen LogP contribution is 2.21. The Morgan fingerprint density at radius 3 is 3.04 bits per heavy atom. The van der Waals surface area contributed by atoms with Crippen LogP contribution in [0.15, 0.2) is 53.4 Å². The van der Waals surface area contributed by atoms with Gasteiger partial charge in [0.1, 0.15) is 11.4 Å². The number of thiophene rings is 1. The quantitative estimate of drug-likeness (QED) is 0.548. The number of carbonyl (C=O) groups is 1. The number of aromatic amines is 1. The van der Waals surface area contributed by atoms with Crippen LogP contribution in [0, 0.1) is 0 Å². The van der Waals surface area contributed by atoms with Crippen LogP contribution in [0.5, 0.6) is 5.75 Å². The normalized spacial score (nSPS) is 11.0. The number of amides is 1. The van der Waals surface area contributed by atoms with E-state index in [4.69, 9.17) is 4.74 Å². The summed E-state index contributed by atoms with van der Waals surface area (Å²) in [6.07, 6.45) is 1.92. The maximum atomic E-state index is 12.3. The summed E-state index contributed by atoms with van der Waals surface area (Å²) in [4.78, 5) is 15.5. The van der Waals surface area contributed by atoms with Gasteiger partial charge in [0.25, 0.3) is 5.91 Å². The van der Waals surface area contributed by atoms with Crippen LogP contribution < -0.4 is 10.1 Å². The highest BCUT2D eigenvalue weighted by Gasteiger charge is 2.10. The molecule has 0 atom stereocenters. The molecule has 0 aliphatic heterocycles. The van der Waals surface area contributed by atoms with Gasteiger partial charge in [-0.3, -0.25) is 9.48 Å². The van der Waals surface area contributed by atoms with Crippen LogP contribution >= 0.6 is 11.3 Å². The molecule has 0 saturated carbocycles. The maximum Gasteiger partial charge on any atom is 0.267 e. The number of fused-ring (bicyclic) bond motifs is 1. The monoisotopic (exact) mass is 366 g/mol. The number of benzene rings is 1. The molecule has 0 bridgehead atoms. The van der Waals surface area contributed by atoms with E-state index in [0.717, 1.165) is 27.9 Å². The van der Waals surface area contributed by atoms with Crippen molar-refractivity contribution in [2.24, 2.45) is 0 Å². The highest BCUT2D eigenvalue weighted by molar-refractivity contribution is 7.08. The number of ether oxygens (including phenoxy) is 1. The Bertz CT molecular complexity index is 1030. The Hall–Kier alpha value is -3.06. The maximum absolute atomic E-state index is 12.3. The summed E-state index contributed by atoms with van der Waals surface area (Å²) in [6, 6.07) is 11.5. The minimum atomic E-state index is -0.134. The Kier molecular flexibility index (Phi) is 4.45. The lowest BCUT2D eigenvalue weighted by Gasteiger charge is -2.04. The molecular weight excluding hydrogens is 348 g/mol. The Labute approximate surface area is 154 Å². The lowest BCUT2D eigenvalue weighted by atomic mass is 10.2. The number of hydrogen-bond donors (Lipinski definition) is 2. The number of nitrogens with zero attached hydrogens (tertiary/aromatic N) is 2. The summed E-state index contributed by atoms with van der Waals surface area (Å²) in [6.45, 7) is 1.12. The summed E-state index contributed by atoms with van der Waals surface area (Å²) < 4.78 is 7.04. The second-order valence-corrected chi connectivity index (χ2v) is 6.65. The van der Waals surface area contributed by atoms with E-state index < -0.39 is 0 Å². The summed E-state index contributed by atoms with van der Waals surface area (Å²) >= 11 is 1.65. The molecule has 26 heavy (non-hydrogen) atoms. The standard InChI is InChI=1S/C19H18N4O2S/c1-25-15-3-2-13-10-18(21-17(13)11-15)19(24)20-6-8-23-7-4-16(22-23)14-5-9-26-12-14/h2-5,7,9-12,21H,6,8H2,1H3,(H,20,24). The fourth-order valence-corrected chi connectivity index (χ4v) is 3.43. The average molecular weight is 366 g/mol. The molecule has 1 amide bonds. The smallest absolute Gasteiger partial charge is 0.267 e. The predicted molar refractivity (Wildman–Crippen MR) is 103 cm³/mol. The topological polar surface area (TPSA) is 71.9 Å². The number of rotatable bonds is 6. The summed E-state index contributed by atoms with van der Waals surface area (Å²) in [5, 5.41) is 12.5. The first-order valence-corrected chi connectivity index (χ1v) is 9.18. The summed E-state index contributed by atoms with van der Waals surface area (Å²) in [5.74, 6) is 0.622. The second-order valence-electron chi connectivity index (χ2n) is 5.87.